The number of urea groups is 1. The van der Waals surface area contributed by atoms with Crippen LogP contribution in [0.3, 0.4) is 0 Å². The number of amides is 2. The fraction of sp³-hybridized carbons (Fsp3) is 0.118. The van der Waals surface area contributed by atoms with E-state index in [2.05, 4.69) is 10.6 Å². The molecule has 2 N–H and O–H groups in total. The van der Waals surface area contributed by atoms with Crippen LogP contribution in [0.4, 0.5) is 10.5 Å². The molecule has 22 heavy (non-hydrogen) atoms. The number of furan rings is 1. The Morgan fingerprint density at radius 2 is 1.86 bits per heavy atom. The Kier molecular flexibility index (Phi) is 4.30. The first-order chi connectivity index (χ1) is 10.7. The molecule has 5 heteroatoms. The van der Waals surface area contributed by atoms with Crippen molar-refractivity contribution in [1.29, 1.82) is 0 Å². The van der Waals surface area contributed by atoms with E-state index < -0.39 is 0 Å². The highest BCUT2D eigenvalue weighted by molar-refractivity contribution is 6.30. The van der Waals surface area contributed by atoms with Gasteiger partial charge in [-0.05, 0) is 36.4 Å². The maximum atomic E-state index is 11.8. The van der Waals surface area contributed by atoms with Gasteiger partial charge in [-0.15, -0.1) is 0 Å². The normalized spacial score (nSPS) is 10.6. The molecule has 1 aromatic heterocycles. The molecule has 0 atom stereocenters. The van der Waals surface area contributed by atoms with Crippen LogP contribution in [0.15, 0.2) is 59.0 Å². The summed E-state index contributed by atoms with van der Waals surface area (Å²) in [5.41, 5.74) is 1.56. The number of anilines is 1. The van der Waals surface area contributed by atoms with E-state index in [0.717, 1.165) is 16.7 Å². The quantitative estimate of drug-likeness (QED) is 0.747. The molecule has 0 aliphatic carbocycles. The molecule has 3 rings (SSSR count). The highest BCUT2D eigenvalue weighted by Gasteiger charge is 2.05. The number of hydrogen-bond donors (Lipinski definition) is 2. The molecule has 2 amide bonds. The van der Waals surface area contributed by atoms with Crippen LogP contribution in [0.25, 0.3) is 11.0 Å². The van der Waals surface area contributed by atoms with Crippen LogP contribution < -0.4 is 10.6 Å². The van der Waals surface area contributed by atoms with E-state index in [0.29, 0.717) is 23.7 Å². The monoisotopic (exact) mass is 314 g/mol. The maximum Gasteiger partial charge on any atom is 0.319 e. The topological polar surface area (TPSA) is 54.3 Å². The number of benzene rings is 2. The molecule has 3 aromatic rings. The van der Waals surface area contributed by atoms with E-state index in [1.807, 2.05) is 30.3 Å². The summed E-state index contributed by atoms with van der Waals surface area (Å²) in [5.74, 6) is 0.855. The van der Waals surface area contributed by atoms with Gasteiger partial charge in [0.2, 0.25) is 0 Å². The highest BCUT2D eigenvalue weighted by Crippen LogP contribution is 2.18. The molecule has 0 radical (unpaired) electrons. The van der Waals surface area contributed by atoms with Gasteiger partial charge < -0.3 is 15.1 Å². The standard InChI is InChI=1S/C17H15ClN2O2/c18-13-5-7-14(8-6-13)20-17(21)19-10-9-15-11-12-3-1-2-4-16(12)22-15/h1-8,11H,9-10H2,(H2,19,20,21). The Morgan fingerprint density at radius 3 is 2.64 bits per heavy atom. The van der Waals surface area contributed by atoms with Crippen molar-refractivity contribution in [3.8, 4) is 0 Å². The zero-order chi connectivity index (χ0) is 15.4. The number of nitrogens with one attached hydrogen (secondary N) is 2. The lowest BCUT2D eigenvalue weighted by atomic mass is 10.2. The summed E-state index contributed by atoms with van der Waals surface area (Å²) in [4.78, 5) is 11.8. The second kappa shape index (κ2) is 6.54. The number of halogens is 1. The van der Waals surface area contributed by atoms with Gasteiger partial charge in [-0.25, -0.2) is 4.79 Å². The Labute approximate surface area is 133 Å². The van der Waals surface area contributed by atoms with Crippen LogP contribution in [0.1, 0.15) is 5.76 Å². The third kappa shape index (κ3) is 3.59. The third-order valence-corrected chi connectivity index (χ3v) is 3.49. The molecule has 0 unspecified atom stereocenters. The van der Waals surface area contributed by atoms with Gasteiger partial charge in [0.1, 0.15) is 11.3 Å². The van der Waals surface area contributed by atoms with E-state index in [1.165, 1.54) is 0 Å². The summed E-state index contributed by atoms with van der Waals surface area (Å²) in [5, 5.41) is 7.25. The van der Waals surface area contributed by atoms with Crippen LogP contribution >= 0.6 is 11.6 Å². The van der Waals surface area contributed by atoms with Gasteiger partial charge in [-0.2, -0.15) is 0 Å². The fourth-order valence-electron chi connectivity index (χ4n) is 2.17. The third-order valence-electron chi connectivity index (χ3n) is 3.24. The summed E-state index contributed by atoms with van der Waals surface area (Å²) in [6.07, 6.45) is 0.642. The first kappa shape index (κ1) is 14.5. The van der Waals surface area contributed by atoms with Crippen LogP contribution in [-0.4, -0.2) is 12.6 Å². The van der Waals surface area contributed by atoms with E-state index in [9.17, 15) is 4.79 Å². The van der Waals surface area contributed by atoms with Crippen molar-refractivity contribution in [3.05, 3.63) is 65.4 Å². The minimum atomic E-state index is -0.251. The zero-order valence-electron chi connectivity index (χ0n) is 11.8. The van der Waals surface area contributed by atoms with Crippen LogP contribution in [0, 0.1) is 0 Å². The first-order valence-electron chi connectivity index (χ1n) is 6.98. The highest BCUT2D eigenvalue weighted by atomic mass is 35.5. The molecule has 2 aromatic carbocycles. The van der Waals surface area contributed by atoms with Crippen molar-refractivity contribution in [3.63, 3.8) is 0 Å². The first-order valence-corrected chi connectivity index (χ1v) is 7.36. The molecule has 0 aliphatic heterocycles. The summed E-state index contributed by atoms with van der Waals surface area (Å²) in [6.45, 7) is 0.499. The van der Waals surface area contributed by atoms with Crippen molar-refractivity contribution < 1.29 is 9.21 Å². The van der Waals surface area contributed by atoms with Gasteiger partial charge in [-0.1, -0.05) is 29.8 Å². The molecule has 112 valence electrons. The molecule has 1 heterocycles. The van der Waals surface area contributed by atoms with E-state index >= 15 is 0 Å². The SMILES string of the molecule is O=C(NCCc1cc2ccccc2o1)Nc1ccc(Cl)cc1. The van der Waals surface area contributed by atoms with Gasteiger partial charge in [-0.3, -0.25) is 0 Å². The van der Waals surface area contributed by atoms with Gasteiger partial charge in [0.05, 0.1) is 0 Å². The Bertz CT molecular complexity index is 748. The Morgan fingerprint density at radius 1 is 1.09 bits per heavy atom. The van der Waals surface area contributed by atoms with Crippen molar-refractivity contribution in [2.75, 3.05) is 11.9 Å². The lowest BCUT2D eigenvalue weighted by molar-refractivity contribution is 0.252. The number of para-hydroxylation sites is 1. The van der Waals surface area contributed by atoms with Crippen molar-refractivity contribution in [2.24, 2.45) is 0 Å². The van der Waals surface area contributed by atoms with Crippen molar-refractivity contribution in [1.82, 2.24) is 5.32 Å². The minimum absolute atomic E-state index is 0.251. The molecule has 4 nitrogen and oxygen atoms in total. The molecule has 0 saturated carbocycles. The van der Waals surface area contributed by atoms with Crippen LogP contribution in [-0.2, 0) is 6.42 Å². The fourth-order valence-corrected chi connectivity index (χ4v) is 2.29. The van der Waals surface area contributed by atoms with Gasteiger partial charge in [0, 0.05) is 29.1 Å². The second-order valence-corrected chi connectivity index (χ2v) is 5.32. The molecule has 0 aliphatic rings. The summed E-state index contributed by atoms with van der Waals surface area (Å²) in [7, 11) is 0. The average molecular weight is 315 g/mol. The van der Waals surface area contributed by atoms with Crippen LogP contribution in [0.5, 0.6) is 0 Å². The predicted molar refractivity (Wildman–Crippen MR) is 88.4 cm³/mol. The zero-order valence-corrected chi connectivity index (χ0v) is 12.6. The van der Waals surface area contributed by atoms with Crippen molar-refractivity contribution >= 4 is 34.3 Å². The number of hydrogen-bond acceptors (Lipinski definition) is 2. The predicted octanol–water partition coefficient (Wildman–Crippen LogP) is 4.45. The van der Waals surface area contributed by atoms with Gasteiger partial charge in [0.25, 0.3) is 0 Å². The summed E-state index contributed by atoms with van der Waals surface area (Å²) in [6, 6.07) is 16.5. The smallest absolute Gasteiger partial charge is 0.319 e. The second-order valence-electron chi connectivity index (χ2n) is 4.89. The van der Waals surface area contributed by atoms with E-state index in [4.69, 9.17) is 16.0 Å². The van der Waals surface area contributed by atoms with E-state index in [-0.39, 0.29) is 6.03 Å². The molecular weight excluding hydrogens is 300 g/mol. The number of carbonyl (C=O) groups excluding carboxylic acids is 1. The van der Waals surface area contributed by atoms with Gasteiger partial charge >= 0.3 is 6.03 Å². The number of rotatable bonds is 4. The Balaban J connectivity index is 1.49. The summed E-state index contributed by atoms with van der Waals surface area (Å²) >= 11 is 5.79. The molecule has 0 fully saturated rings. The summed E-state index contributed by atoms with van der Waals surface area (Å²) < 4.78 is 5.69. The molecule has 0 bridgehead atoms. The number of fused-ring (bicyclic) bond motifs is 1. The maximum absolute atomic E-state index is 11.8. The molecule has 0 spiro atoms. The Hall–Kier alpha value is -2.46. The van der Waals surface area contributed by atoms with Crippen LogP contribution in [0.2, 0.25) is 5.02 Å². The minimum Gasteiger partial charge on any atom is -0.461 e. The lowest BCUT2D eigenvalue weighted by Crippen LogP contribution is -2.30. The van der Waals surface area contributed by atoms with E-state index in [1.54, 1.807) is 24.3 Å². The van der Waals surface area contributed by atoms with Gasteiger partial charge in [0.15, 0.2) is 0 Å². The largest absolute Gasteiger partial charge is 0.461 e. The molecule has 0 saturated heterocycles. The average Bonchev–Trinajstić information content (AvgIpc) is 2.92. The lowest BCUT2D eigenvalue weighted by Gasteiger charge is -2.06. The number of carbonyl (C=O) groups is 1. The van der Waals surface area contributed by atoms with Crippen molar-refractivity contribution in [2.45, 2.75) is 6.42 Å². The molecular formula is C17H15ClN2O2.